The zero-order valence-electron chi connectivity index (χ0n) is 40.7. The first-order chi connectivity index (χ1) is 35.1. The molecule has 1 fully saturated rings. The van der Waals surface area contributed by atoms with Crippen LogP contribution >= 0.6 is 6.89 Å². The van der Waals surface area contributed by atoms with Crippen molar-refractivity contribution in [2.45, 2.75) is 83.3 Å². The van der Waals surface area contributed by atoms with Crippen molar-refractivity contribution in [1.29, 1.82) is 5.26 Å². The molecule has 378 valence electrons. The normalized spacial score (nSPS) is 18.7. The Morgan fingerprint density at radius 1 is 0.644 bits per heavy atom. The number of alkyl carbamates (subject to hydrolysis) is 1. The van der Waals surface area contributed by atoms with Crippen LogP contribution in [0.15, 0.2) is 140 Å². The predicted molar refractivity (Wildman–Crippen MR) is 270 cm³/mol. The zero-order valence-corrected chi connectivity index (χ0v) is 41.6. The number of esters is 3. The van der Waals surface area contributed by atoms with Gasteiger partial charge in [-0.05, 0) is 52.0 Å². The molecule has 3 amide bonds. The van der Waals surface area contributed by atoms with Crippen LogP contribution in [0.2, 0.25) is 0 Å². The lowest BCUT2D eigenvalue weighted by atomic mass is 9.95. The van der Waals surface area contributed by atoms with E-state index in [9.17, 15) is 38.8 Å². The van der Waals surface area contributed by atoms with E-state index >= 15 is 0 Å². The van der Waals surface area contributed by atoms with E-state index in [1.54, 1.807) is 0 Å². The van der Waals surface area contributed by atoms with Crippen molar-refractivity contribution in [3.8, 4) is 17.2 Å². The molecule has 1 aliphatic carbocycles. The Labute approximate surface area is 422 Å². The number of ether oxygens (including phenoxy) is 6. The summed E-state index contributed by atoms with van der Waals surface area (Å²) in [5, 5.41) is 21.0. The number of hydrogen-bond donors (Lipinski definition) is 3. The minimum Gasteiger partial charge on any atom is -0.463 e. The molecule has 0 aromatic heterocycles. The predicted octanol–water partition coefficient (Wildman–Crippen LogP) is 4.33. The van der Waals surface area contributed by atoms with Crippen molar-refractivity contribution >= 4 is 69.7 Å². The van der Waals surface area contributed by atoms with Crippen LogP contribution in [0.25, 0.3) is 11.1 Å². The molecule has 73 heavy (non-hydrogen) atoms. The second-order valence-corrected chi connectivity index (χ2v) is 20.6. The highest BCUT2D eigenvalue weighted by atomic mass is 31.2. The van der Waals surface area contributed by atoms with E-state index in [0.29, 0.717) is 0 Å². The van der Waals surface area contributed by atoms with Crippen molar-refractivity contribution in [3.63, 3.8) is 0 Å². The van der Waals surface area contributed by atoms with Crippen LogP contribution in [0.4, 0.5) is 4.79 Å². The Morgan fingerprint density at radius 3 is 1.62 bits per heavy atom. The summed E-state index contributed by atoms with van der Waals surface area (Å²) in [5.41, 5.74) is 3.84. The van der Waals surface area contributed by atoms with Crippen LogP contribution in [0.5, 0.6) is 0 Å². The van der Waals surface area contributed by atoms with Crippen molar-refractivity contribution in [1.82, 2.24) is 16.0 Å². The lowest BCUT2D eigenvalue weighted by Crippen LogP contribution is -2.67. The van der Waals surface area contributed by atoms with Crippen LogP contribution in [0, 0.1) is 11.3 Å². The lowest BCUT2D eigenvalue weighted by molar-refractivity contribution is -0.287. The first-order valence-corrected chi connectivity index (χ1v) is 25.2. The third-order valence-corrected chi connectivity index (χ3v) is 16.6. The van der Waals surface area contributed by atoms with E-state index < -0.39 is 104 Å². The summed E-state index contributed by atoms with van der Waals surface area (Å²) in [6.45, 7) is 1.29. The number of Topliss-reactive ketones (excluding diaryl/α,β-unsaturated/α-hetero) is 1. The van der Waals surface area contributed by atoms with Crippen LogP contribution in [-0.2, 0) is 57.2 Å². The number of nitriles is 1. The van der Waals surface area contributed by atoms with Crippen LogP contribution < -0.4 is 31.9 Å². The molecule has 5 aromatic rings. The number of amides is 3. The minimum absolute atomic E-state index is 0.104. The van der Waals surface area contributed by atoms with Crippen molar-refractivity contribution in [3.05, 3.63) is 151 Å². The molecule has 7 rings (SSSR count). The Hall–Kier alpha value is -7.90. The molecule has 0 radical (unpaired) electrons. The number of rotatable bonds is 18. The van der Waals surface area contributed by atoms with Crippen LogP contribution in [0.3, 0.4) is 0 Å². The van der Waals surface area contributed by atoms with Gasteiger partial charge in [-0.2, -0.15) is 5.26 Å². The summed E-state index contributed by atoms with van der Waals surface area (Å²) < 4.78 is 34.8. The van der Waals surface area contributed by atoms with Crippen LogP contribution in [0.1, 0.15) is 51.7 Å². The average Bonchev–Trinajstić information content (AvgIpc) is 3.70. The van der Waals surface area contributed by atoms with Gasteiger partial charge in [0, 0.05) is 33.6 Å². The number of hydrogen-bond acceptors (Lipinski definition) is 14. The van der Waals surface area contributed by atoms with E-state index in [0.717, 1.165) is 58.9 Å². The molecule has 0 unspecified atom stereocenters. The smallest absolute Gasteiger partial charge is 0.407 e. The molecule has 2 aliphatic rings. The Balaban J connectivity index is 1.24. The van der Waals surface area contributed by atoms with E-state index in [1.165, 1.54) is 13.8 Å². The van der Waals surface area contributed by atoms with E-state index in [1.807, 2.05) is 140 Å². The summed E-state index contributed by atoms with van der Waals surface area (Å²) in [7, 11) is 0. The van der Waals surface area contributed by atoms with Gasteiger partial charge in [-0.15, -0.1) is 0 Å². The van der Waals surface area contributed by atoms with Gasteiger partial charge in [0.1, 0.15) is 42.8 Å². The number of nitrogens with one attached hydrogen (secondary N) is 3. The number of carbonyl (C=O) groups is 7. The maximum atomic E-state index is 14.8. The largest absolute Gasteiger partial charge is 0.463 e. The summed E-state index contributed by atoms with van der Waals surface area (Å²) in [6, 6.07) is 42.2. The molecule has 1 saturated heterocycles. The second-order valence-electron chi connectivity index (χ2n) is 17.3. The van der Waals surface area contributed by atoms with Crippen molar-refractivity contribution in [2.24, 2.45) is 0 Å². The highest BCUT2D eigenvalue weighted by Crippen LogP contribution is 2.47. The monoisotopic (exact) mass is 1010 g/mol. The maximum Gasteiger partial charge on any atom is 0.407 e. The molecule has 1 heterocycles. The van der Waals surface area contributed by atoms with E-state index in [-0.39, 0.29) is 17.8 Å². The maximum absolute atomic E-state index is 14.8. The SMILES string of the molecule is CC(=O)N[C@H]1[C@@H](O[C@@H](C)[C@H](NC(=O)OCC2c3ccccc3-c3ccccc32)C(=O)NCC(=O)C(C#N)=P(c2ccccc2)(c2ccccc2)c2ccccc2)O[C@H](COC(C)=O)[C@H](OC(C)=O)[C@@H]1OC(C)=O. The van der Waals surface area contributed by atoms with Gasteiger partial charge in [-0.1, -0.05) is 140 Å². The third-order valence-electron chi connectivity index (χ3n) is 12.3. The number of ketones is 1. The van der Waals surface area contributed by atoms with Gasteiger partial charge in [0.25, 0.3) is 0 Å². The van der Waals surface area contributed by atoms with Gasteiger partial charge in [0.15, 0.2) is 24.3 Å². The molecule has 7 atom stereocenters. The quantitative estimate of drug-likeness (QED) is 0.0630. The molecular weight excluding hydrogens is 956 g/mol. The average molecular weight is 1010 g/mol. The molecule has 0 bridgehead atoms. The molecule has 5 aromatic carbocycles. The highest BCUT2D eigenvalue weighted by molar-refractivity contribution is 7.97. The lowest BCUT2D eigenvalue weighted by Gasteiger charge is -2.45. The second kappa shape index (κ2) is 24.0. The van der Waals surface area contributed by atoms with Crippen molar-refractivity contribution in [2.75, 3.05) is 19.8 Å². The fraction of sp³-hybridized carbons (Fsp3) is 0.291. The van der Waals surface area contributed by atoms with Gasteiger partial charge in [0.05, 0.1) is 12.6 Å². The minimum atomic E-state index is -3.21. The number of fused-ring (bicyclic) bond motifs is 3. The van der Waals surface area contributed by atoms with Gasteiger partial charge in [0.2, 0.25) is 11.8 Å². The molecule has 0 saturated carbocycles. The molecule has 18 heteroatoms. The van der Waals surface area contributed by atoms with E-state index in [2.05, 4.69) is 22.0 Å². The Bertz CT molecular complexity index is 2800. The number of nitrogens with zero attached hydrogens (tertiary/aromatic N) is 1. The Kier molecular flexibility index (Phi) is 17.4. The topological polar surface area (TPSA) is 235 Å². The standard InChI is InChI=1S/C55H55N4O13P/c1-33(69-54-50(58-34(2)60)52(71-37(5)63)51(70-36(4)62)47(72-54)32-67-35(3)61)49(59-55(66)68-31-45-43-27-17-15-25-41(43)42-26-16-18-28-44(42)45)53(65)57-30-46(64)48(29-56)73(38-19-9-6-10-20-38,39-21-11-7-12-22-39)40-23-13-8-14-24-40/h6-28,33,45,47,49-52,54H,30-32H2,1-5H3,(H,57,65)(H,58,60)(H,59,66)/t33-,47+,49-,50+,51-,52+,54-/m0/s1. The summed E-state index contributed by atoms with van der Waals surface area (Å²) in [6.07, 6.45) is -8.43. The fourth-order valence-corrected chi connectivity index (χ4v) is 13.5. The number of benzene rings is 5. The molecule has 0 spiro atoms. The Morgan fingerprint density at radius 2 is 1.14 bits per heavy atom. The third kappa shape index (κ3) is 12.1. The van der Waals surface area contributed by atoms with E-state index in [4.69, 9.17) is 28.4 Å². The molecule has 3 N–H and O–H groups in total. The van der Waals surface area contributed by atoms with Crippen LogP contribution in [-0.4, -0.2) is 109 Å². The summed E-state index contributed by atoms with van der Waals surface area (Å²) >= 11 is 0. The molecule has 1 aliphatic heterocycles. The first kappa shape index (κ1) is 52.9. The first-order valence-electron chi connectivity index (χ1n) is 23.5. The van der Waals surface area contributed by atoms with Gasteiger partial charge < -0.3 is 44.4 Å². The van der Waals surface area contributed by atoms with Gasteiger partial charge in [-0.3, -0.25) is 28.8 Å². The number of carbonyl (C=O) groups excluding carboxylic acids is 7. The van der Waals surface area contributed by atoms with Gasteiger partial charge >= 0.3 is 24.0 Å². The fourth-order valence-electron chi connectivity index (χ4n) is 9.33. The summed E-state index contributed by atoms with van der Waals surface area (Å²) in [5.74, 6) is -5.05. The summed E-state index contributed by atoms with van der Waals surface area (Å²) in [4.78, 5) is 93.3. The van der Waals surface area contributed by atoms with Gasteiger partial charge in [-0.25, -0.2) is 4.79 Å². The van der Waals surface area contributed by atoms with Crippen molar-refractivity contribution < 1.29 is 62.0 Å². The highest BCUT2D eigenvalue weighted by Gasteiger charge is 2.52. The zero-order chi connectivity index (χ0) is 52.2. The molecular formula is C55H55N4O13P. The molecule has 17 nitrogen and oxygen atoms in total.